The first-order valence-corrected chi connectivity index (χ1v) is 5.68. The van der Waals surface area contributed by atoms with Crippen LogP contribution in [-0.2, 0) is 0 Å². The highest BCUT2D eigenvalue weighted by Gasteiger charge is 2.22. The maximum Gasteiger partial charge on any atom is 0.216 e. The lowest BCUT2D eigenvalue weighted by Gasteiger charge is -2.05. The molecule has 0 saturated heterocycles. The molecule has 0 atom stereocenters. The van der Waals surface area contributed by atoms with Gasteiger partial charge in [0.05, 0.1) is 0 Å². The van der Waals surface area contributed by atoms with Crippen molar-refractivity contribution < 1.29 is 9.59 Å². The summed E-state index contributed by atoms with van der Waals surface area (Å²) in [5.74, 6) is -1.26. The molecule has 0 aliphatic heterocycles. The minimum Gasteiger partial charge on any atom is -0.398 e. The van der Waals surface area contributed by atoms with Crippen molar-refractivity contribution in [2.45, 2.75) is 0 Å². The third-order valence-corrected chi connectivity index (χ3v) is 2.70. The van der Waals surface area contributed by atoms with Crippen LogP contribution in [0, 0.1) is 5.41 Å². The van der Waals surface area contributed by atoms with E-state index in [0.29, 0.717) is 5.56 Å². The smallest absolute Gasteiger partial charge is 0.216 e. The number of anilines is 1. The summed E-state index contributed by atoms with van der Waals surface area (Å²) in [5.41, 5.74) is 5.84. The van der Waals surface area contributed by atoms with Crippen LogP contribution in [0.3, 0.4) is 0 Å². The fourth-order valence-corrected chi connectivity index (χ4v) is 1.68. The quantitative estimate of drug-likeness (QED) is 0.379. The van der Waals surface area contributed by atoms with Crippen LogP contribution in [0.4, 0.5) is 5.69 Å². The molecule has 0 fully saturated rings. The zero-order chi connectivity index (χ0) is 13.8. The van der Waals surface area contributed by atoms with Gasteiger partial charge in [0.2, 0.25) is 11.6 Å². The molecule has 0 aliphatic carbocycles. The van der Waals surface area contributed by atoms with Crippen LogP contribution in [0.1, 0.15) is 20.7 Å². The van der Waals surface area contributed by atoms with Crippen molar-refractivity contribution in [2.24, 2.45) is 0 Å². The van der Waals surface area contributed by atoms with Gasteiger partial charge in [0.25, 0.3) is 0 Å². The van der Waals surface area contributed by atoms with E-state index < -0.39 is 17.3 Å². The summed E-state index contributed by atoms with van der Waals surface area (Å²) in [4.78, 5) is 24.0. The third kappa shape index (κ3) is 2.57. The number of rotatable bonds is 4. The average Bonchev–Trinajstić information content (AvgIpc) is 2.46. The molecule has 0 bridgehead atoms. The second-order valence-electron chi connectivity index (χ2n) is 3.99. The molecule has 0 unspecified atom stereocenters. The predicted octanol–water partition coefficient (Wildman–Crippen LogP) is 2.35. The number of nitrogens with two attached hydrogens (primary N) is 1. The number of nitrogens with one attached hydrogen (secondary N) is 1. The molecule has 0 saturated carbocycles. The number of Topliss-reactive ketones (excluding diaryl/α,β-unsaturated/α-hetero) is 2. The van der Waals surface area contributed by atoms with Gasteiger partial charge in [-0.1, -0.05) is 42.5 Å². The van der Waals surface area contributed by atoms with Crippen LogP contribution in [-0.4, -0.2) is 17.3 Å². The lowest BCUT2D eigenvalue weighted by molar-refractivity contribution is 0.102. The summed E-state index contributed by atoms with van der Waals surface area (Å²) in [7, 11) is 0. The SMILES string of the molecule is N=C(C(=O)c1ccccc1)C(=O)c1ccccc1N. The van der Waals surface area contributed by atoms with Crippen molar-refractivity contribution in [3.63, 3.8) is 0 Å². The minimum atomic E-state index is -0.660. The van der Waals surface area contributed by atoms with Gasteiger partial charge in [-0.15, -0.1) is 0 Å². The van der Waals surface area contributed by atoms with Gasteiger partial charge in [0.15, 0.2) is 5.71 Å². The molecule has 2 rings (SSSR count). The van der Waals surface area contributed by atoms with E-state index in [0.717, 1.165) is 0 Å². The standard InChI is InChI=1S/C15H12N2O2/c16-12-9-5-4-8-11(12)15(19)13(17)14(18)10-6-2-1-3-7-10/h1-9,17H,16H2. The summed E-state index contributed by atoms with van der Waals surface area (Å²) >= 11 is 0. The zero-order valence-electron chi connectivity index (χ0n) is 10.1. The number of benzene rings is 2. The summed E-state index contributed by atoms with van der Waals surface area (Å²) < 4.78 is 0. The number of nitrogen functional groups attached to an aromatic ring is 1. The van der Waals surface area contributed by atoms with Crippen molar-refractivity contribution in [1.82, 2.24) is 0 Å². The third-order valence-electron chi connectivity index (χ3n) is 2.70. The lowest BCUT2D eigenvalue weighted by atomic mass is 9.98. The van der Waals surface area contributed by atoms with Crippen molar-refractivity contribution >= 4 is 23.0 Å². The van der Waals surface area contributed by atoms with Crippen molar-refractivity contribution in [3.8, 4) is 0 Å². The summed E-state index contributed by atoms with van der Waals surface area (Å²) in [5, 5.41) is 7.72. The highest BCUT2D eigenvalue weighted by Crippen LogP contribution is 2.13. The highest BCUT2D eigenvalue weighted by atomic mass is 16.1. The molecule has 0 amide bonds. The van der Waals surface area contributed by atoms with Gasteiger partial charge < -0.3 is 5.73 Å². The first-order valence-electron chi connectivity index (χ1n) is 5.68. The Morgan fingerprint density at radius 1 is 0.842 bits per heavy atom. The van der Waals surface area contributed by atoms with Gasteiger partial charge in [-0.3, -0.25) is 15.0 Å². The first-order chi connectivity index (χ1) is 9.11. The molecule has 0 heterocycles. The van der Waals surface area contributed by atoms with Gasteiger partial charge in [-0.25, -0.2) is 0 Å². The normalized spacial score (nSPS) is 9.89. The minimum absolute atomic E-state index is 0.178. The molecule has 94 valence electrons. The Kier molecular flexibility index (Phi) is 3.52. The Morgan fingerprint density at radius 3 is 2.05 bits per heavy atom. The Hall–Kier alpha value is -2.75. The van der Waals surface area contributed by atoms with E-state index >= 15 is 0 Å². The Bertz CT molecular complexity index is 648. The van der Waals surface area contributed by atoms with E-state index in [1.807, 2.05) is 0 Å². The van der Waals surface area contributed by atoms with Gasteiger partial charge in [0, 0.05) is 16.8 Å². The van der Waals surface area contributed by atoms with E-state index in [-0.39, 0.29) is 11.3 Å². The van der Waals surface area contributed by atoms with E-state index in [1.54, 1.807) is 48.5 Å². The van der Waals surface area contributed by atoms with E-state index in [4.69, 9.17) is 11.1 Å². The molecule has 0 radical (unpaired) electrons. The van der Waals surface area contributed by atoms with Crippen LogP contribution < -0.4 is 5.73 Å². The largest absolute Gasteiger partial charge is 0.398 e. The number of para-hydroxylation sites is 1. The van der Waals surface area contributed by atoms with Crippen molar-refractivity contribution in [1.29, 1.82) is 5.41 Å². The van der Waals surface area contributed by atoms with Crippen LogP contribution in [0.2, 0.25) is 0 Å². The lowest BCUT2D eigenvalue weighted by Crippen LogP contribution is -2.24. The first kappa shape index (κ1) is 12.7. The fourth-order valence-electron chi connectivity index (χ4n) is 1.68. The van der Waals surface area contributed by atoms with Gasteiger partial charge >= 0.3 is 0 Å². The molecular formula is C15H12N2O2. The van der Waals surface area contributed by atoms with Crippen molar-refractivity contribution in [3.05, 3.63) is 65.7 Å². The van der Waals surface area contributed by atoms with Crippen molar-refractivity contribution in [2.75, 3.05) is 5.73 Å². The number of carbonyl (C=O) groups excluding carboxylic acids is 2. The molecule has 4 nitrogen and oxygen atoms in total. The molecular weight excluding hydrogens is 240 g/mol. The summed E-state index contributed by atoms with van der Waals surface area (Å²) in [6.45, 7) is 0. The van der Waals surface area contributed by atoms with Crippen LogP contribution in [0.15, 0.2) is 54.6 Å². The van der Waals surface area contributed by atoms with Crippen LogP contribution >= 0.6 is 0 Å². The number of ketones is 2. The average molecular weight is 252 g/mol. The van der Waals surface area contributed by atoms with E-state index in [2.05, 4.69) is 0 Å². The summed E-state index contributed by atoms with van der Waals surface area (Å²) in [6.07, 6.45) is 0. The molecule has 0 aromatic heterocycles. The second kappa shape index (κ2) is 5.27. The molecule has 19 heavy (non-hydrogen) atoms. The molecule has 2 aromatic carbocycles. The van der Waals surface area contributed by atoms with Gasteiger partial charge in [-0.2, -0.15) is 0 Å². The van der Waals surface area contributed by atoms with Gasteiger partial charge in [0.1, 0.15) is 0 Å². The fraction of sp³-hybridized carbons (Fsp3) is 0. The topological polar surface area (TPSA) is 84.0 Å². The molecule has 0 spiro atoms. The molecule has 4 heteroatoms. The van der Waals surface area contributed by atoms with E-state index in [9.17, 15) is 9.59 Å². The van der Waals surface area contributed by atoms with Crippen LogP contribution in [0.25, 0.3) is 0 Å². The zero-order valence-corrected chi connectivity index (χ0v) is 10.1. The second-order valence-corrected chi connectivity index (χ2v) is 3.99. The molecule has 2 aromatic rings. The van der Waals surface area contributed by atoms with Gasteiger partial charge in [-0.05, 0) is 12.1 Å². The number of carbonyl (C=O) groups is 2. The predicted molar refractivity (Wildman–Crippen MR) is 73.7 cm³/mol. The Labute approximate surface area is 110 Å². The maximum atomic E-state index is 12.1. The van der Waals surface area contributed by atoms with Crippen LogP contribution in [0.5, 0.6) is 0 Å². The molecule has 3 N–H and O–H groups in total. The monoisotopic (exact) mass is 252 g/mol. The number of hydrogen-bond donors (Lipinski definition) is 2. The number of hydrogen-bond acceptors (Lipinski definition) is 4. The maximum absolute atomic E-state index is 12.1. The molecule has 0 aliphatic rings. The van der Waals surface area contributed by atoms with E-state index in [1.165, 1.54) is 6.07 Å². The Morgan fingerprint density at radius 2 is 1.42 bits per heavy atom. The highest BCUT2D eigenvalue weighted by molar-refractivity contribution is 6.71. The summed E-state index contributed by atoms with van der Waals surface area (Å²) in [6, 6.07) is 14.7. The Balaban J connectivity index is 2.28.